The Kier molecular flexibility index (Phi) is 13.3. The van der Waals surface area contributed by atoms with Gasteiger partial charge in [0, 0.05) is 28.5 Å². The molecular weight excluding hydrogens is 476 g/mol. The summed E-state index contributed by atoms with van der Waals surface area (Å²) in [5.41, 5.74) is 0.843. The average Bonchev–Trinajstić information content (AvgIpc) is 2.85. The normalized spacial score (nSPS) is 27.2. The molecule has 2 heterocycles. The monoisotopic (exact) mass is 526 g/mol. The van der Waals surface area contributed by atoms with Gasteiger partial charge in [0.2, 0.25) is 5.91 Å². The smallest absolute Gasteiger partial charge is 0.407 e. The third-order valence-electron chi connectivity index (χ3n) is 6.20. The molecule has 0 unspecified atom stereocenters. The number of nitrogens with one attached hydrogen (secondary N) is 2. The Morgan fingerprint density at radius 2 is 1.97 bits per heavy atom. The molecule has 2 saturated heterocycles. The predicted molar refractivity (Wildman–Crippen MR) is 146 cm³/mol. The van der Waals surface area contributed by atoms with E-state index in [1.807, 2.05) is 19.9 Å². The van der Waals surface area contributed by atoms with Crippen LogP contribution in [0.4, 0.5) is 4.79 Å². The summed E-state index contributed by atoms with van der Waals surface area (Å²) in [6.07, 6.45) is 11.8. The topological polar surface area (TPSA) is 115 Å². The quantitative estimate of drug-likeness (QED) is 0.198. The molecule has 214 valence electrons. The largest absolute Gasteiger partial charge is 0.442 e. The van der Waals surface area contributed by atoms with Gasteiger partial charge in [-0.15, -0.1) is 0 Å². The van der Waals surface area contributed by atoms with Gasteiger partial charge in [0.1, 0.15) is 6.10 Å². The maximum atomic E-state index is 12.2. The maximum Gasteiger partial charge on any atom is 0.407 e. The fourth-order valence-electron chi connectivity index (χ4n) is 4.33. The molecule has 2 aliphatic rings. The van der Waals surface area contributed by atoms with Crippen LogP contribution < -0.4 is 10.6 Å². The van der Waals surface area contributed by atoms with Crippen LogP contribution in [0, 0.1) is 5.92 Å². The van der Waals surface area contributed by atoms with E-state index in [4.69, 9.17) is 18.9 Å². The zero-order valence-corrected chi connectivity index (χ0v) is 23.0. The second kappa shape index (κ2) is 15.9. The molecule has 0 aliphatic carbocycles. The molecule has 0 aromatic heterocycles. The van der Waals surface area contributed by atoms with E-state index in [9.17, 15) is 14.7 Å². The van der Waals surface area contributed by atoms with Gasteiger partial charge in [-0.05, 0) is 59.0 Å². The average molecular weight is 527 g/mol. The highest BCUT2D eigenvalue weighted by atomic mass is 16.7. The third-order valence-corrected chi connectivity index (χ3v) is 6.20. The Labute approximate surface area is 224 Å². The van der Waals surface area contributed by atoms with Gasteiger partial charge in [-0.1, -0.05) is 37.1 Å². The van der Waals surface area contributed by atoms with E-state index in [2.05, 4.69) is 36.6 Å². The predicted octanol–water partition coefficient (Wildman–Crippen LogP) is 4.27. The first-order valence-corrected chi connectivity index (χ1v) is 13.4. The number of amides is 2. The summed E-state index contributed by atoms with van der Waals surface area (Å²) >= 11 is 0. The Hall–Kier alpha value is -2.20. The van der Waals surface area contributed by atoms with E-state index in [-0.39, 0.29) is 45.3 Å². The molecular formula is C28H50N2O7. The van der Waals surface area contributed by atoms with Crippen LogP contribution in [0.1, 0.15) is 69.6 Å². The second-order valence-electron chi connectivity index (χ2n) is 10.5. The first kappa shape index (κ1) is 31.0. The minimum atomic E-state index is -0.521. The van der Waals surface area contributed by atoms with Crippen LogP contribution in [0.3, 0.4) is 0 Å². The van der Waals surface area contributed by atoms with Crippen LogP contribution in [0.2, 0.25) is 0 Å². The summed E-state index contributed by atoms with van der Waals surface area (Å²) in [4.78, 5) is 23.8. The zero-order chi connectivity index (χ0) is 27.3. The Morgan fingerprint density at radius 3 is 2.65 bits per heavy atom. The van der Waals surface area contributed by atoms with Crippen LogP contribution in [-0.4, -0.2) is 73.6 Å². The number of aliphatic hydroxyl groups excluding tert-OH is 1. The fraction of sp³-hybridized carbons (Fsp3) is 0.714. The van der Waals surface area contributed by atoms with E-state index >= 15 is 0 Å². The molecule has 0 saturated carbocycles. The minimum Gasteiger partial charge on any atom is -0.442 e. The van der Waals surface area contributed by atoms with E-state index in [1.54, 1.807) is 6.92 Å². The molecule has 0 aromatic rings. The van der Waals surface area contributed by atoms with E-state index < -0.39 is 12.2 Å². The molecule has 2 rings (SSSR count). The zero-order valence-electron chi connectivity index (χ0n) is 23.0. The van der Waals surface area contributed by atoms with Crippen molar-refractivity contribution in [3.05, 3.63) is 36.0 Å². The van der Waals surface area contributed by atoms with Crippen molar-refractivity contribution in [2.24, 2.45) is 5.92 Å². The van der Waals surface area contributed by atoms with Crippen molar-refractivity contribution in [2.45, 2.75) is 96.9 Å². The molecule has 9 nitrogen and oxygen atoms in total. The van der Waals surface area contributed by atoms with Crippen molar-refractivity contribution >= 4 is 12.0 Å². The molecule has 0 bridgehead atoms. The number of carbonyl (C=O) groups is 2. The summed E-state index contributed by atoms with van der Waals surface area (Å²) in [5, 5.41) is 15.1. The number of alkyl carbamates (subject to hydrolysis) is 1. The van der Waals surface area contributed by atoms with Gasteiger partial charge in [0.25, 0.3) is 0 Å². The minimum absolute atomic E-state index is 0. The van der Waals surface area contributed by atoms with E-state index in [1.165, 1.54) is 12.2 Å². The molecule has 3 atom stereocenters. The first-order chi connectivity index (χ1) is 17.6. The maximum absolute atomic E-state index is 12.2. The third kappa shape index (κ3) is 12.7. The van der Waals surface area contributed by atoms with Gasteiger partial charge in [0.05, 0.1) is 31.0 Å². The lowest BCUT2D eigenvalue weighted by molar-refractivity contribution is -0.187. The van der Waals surface area contributed by atoms with Crippen molar-refractivity contribution < 1.29 is 36.5 Å². The lowest BCUT2D eigenvalue weighted by Crippen LogP contribution is -2.46. The summed E-state index contributed by atoms with van der Waals surface area (Å²) in [6.45, 7) is 11.3. The number of hydrogen-bond donors (Lipinski definition) is 3. The van der Waals surface area contributed by atoms with Crippen LogP contribution in [0.15, 0.2) is 36.0 Å². The Balaban J connectivity index is 0.00000722. The molecule has 2 aliphatic heterocycles. The van der Waals surface area contributed by atoms with Gasteiger partial charge in [-0.3, -0.25) is 4.79 Å². The van der Waals surface area contributed by atoms with Crippen LogP contribution in [0.25, 0.3) is 0 Å². The second-order valence-corrected chi connectivity index (χ2v) is 10.5. The molecule has 0 spiro atoms. The van der Waals surface area contributed by atoms with Crippen LogP contribution in [0.5, 0.6) is 0 Å². The van der Waals surface area contributed by atoms with Gasteiger partial charge < -0.3 is 34.7 Å². The molecule has 9 heteroatoms. The van der Waals surface area contributed by atoms with Crippen LogP contribution >= 0.6 is 0 Å². The summed E-state index contributed by atoms with van der Waals surface area (Å²) < 4.78 is 22.8. The number of ether oxygens (including phenoxy) is 4. The molecule has 0 aromatic carbocycles. The lowest BCUT2D eigenvalue weighted by atomic mass is 9.86. The Bertz CT molecular complexity index is 812. The number of unbranched alkanes of at least 4 members (excludes halogenated alkanes) is 1. The van der Waals surface area contributed by atoms with Crippen molar-refractivity contribution in [1.29, 1.82) is 0 Å². The number of rotatable bonds is 12. The summed E-state index contributed by atoms with van der Waals surface area (Å²) in [7, 11) is 0. The van der Waals surface area contributed by atoms with Gasteiger partial charge >= 0.3 is 6.09 Å². The number of aliphatic hydroxyl groups is 1. The van der Waals surface area contributed by atoms with E-state index in [0.29, 0.717) is 26.2 Å². The number of carbonyl (C=O) groups excluding carboxylic acids is 2. The first-order valence-electron chi connectivity index (χ1n) is 13.4. The highest BCUT2D eigenvalue weighted by Crippen LogP contribution is 2.32. The highest BCUT2D eigenvalue weighted by Gasteiger charge is 2.33. The standard InChI is InChI=1S/C28H46N2O7.2H2/c1-6-7-14-29-27(33)36-21(3)10-12-25(32)30-23-18-34-26(35-19-23)13-9-20(2)8-11-24-15-22(17-31)16-28(4,5)37-24;;/h8-12,21-24,26,31H,6-7,13-19H2,1-5H3,(H,29,33)(H,30,32);2*1H/b11-8+,12-10-,20-9+;;/t21-,22-,23?,24+,26?;;/m0../s1. The van der Waals surface area contributed by atoms with Crippen LogP contribution in [-0.2, 0) is 23.7 Å². The number of hydrogen-bond acceptors (Lipinski definition) is 7. The molecule has 2 fully saturated rings. The van der Waals surface area contributed by atoms with Gasteiger partial charge in [-0.25, -0.2) is 4.79 Å². The molecule has 37 heavy (non-hydrogen) atoms. The van der Waals surface area contributed by atoms with Gasteiger partial charge in [-0.2, -0.15) is 0 Å². The Morgan fingerprint density at radius 1 is 1.24 bits per heavy atom. The van der Waals surface area contributed by atoms with Crippen molar-refractivity contribution in [1.82, 2.24) is 10.6 Å². The highest BCUT2D eigenvalue weighted by molar-refractivity contribution is 5.87. The van der Waals surface area contributed by atoms with Gasteiger partial charge in [0.15, 0.2) is 6.29 Å². The fourth-order valence-corrected chi connectivity index (χ4v) is 4.33. The summed E-state index contributed by atoms with van der Waals surface area (Å²) in [6, 6.07) is -0.252. The van der Waals surface area contributed by atoms with E-state index in [0.717, 1.165) is 31.3 Å². The lowest BCUT2D eigenvalue weighted by Gasteiger charge is -2.39. The molecule has 0 radical (unpaired) electrons. The van der Waals surface area contributed by atoms with Crippen molar-refractivity contribution in [2.75, 3.05) is 26.4 Å². The summed E-state index contributed by atoms with van der Waals surface area (Å²) in [5.74, 6) is -0.0378. The molecule has 3 N–H and O–H groups in total. The van der Waals surface area contributed by atoms with Crippen molar-refractivity contribution in [3.63, 3.8) is 0 Å². The number of allylic oxidation sites excluding steroid dienone is 2. The van der Waals surface area contributed by atoms with Crippen molar-refractivity contribution in [3.8, 4) is 0 Å². The molecule has 2 amide bonds. The SMILES string of the molecule is CCCCNC(=O)O[C@@H](C)/C=C\C(=O)NC1COC(C/C=C(C)/C=C/[C@@H]2C[C@H](CO)CC(C)(C)O2)OC1.[HH].[HH].